The van der Waals surface area contributed by atoms with E-state index in [1.807, 2.05) is 31.2 Å². The standard InChI is InChI=1S/C23H24N4O7/c1-4-33-16-7-5-15(6-8-16)18-9-10-22(26-25-18)34-12-11-24-23(28)17-13-20(31-2)21(32-3)14-19(17)27(29)30/h5-10,13-14H,4,11-12H2,1-3H3,(H,24,28). The second kappa shape index (κ2) is 11.5. The quantitative estimate of drug-likeness (QED) is 0.255. The van der Waals surface area contributed by atoms with Crippen LogP contribution in [0.4, 0.5) is 5.69 Å². The fourth-order valence-electron chi connectivity index (χ4n) is 3.06. The number of hydrogen-bond acceptors (Lipinski definition) is 9. The van der Waals surface area contributed by atoms with Gasteiger partial charge in [0.15, 0.2) is 11.5 Å². The van der Waals surface area contributed by atoms with Crippen LogP contribution in [0.15, 0.2) is 48.5 Å². The molecule has 3 rings (SSSR count). The third-order valence-electron chi connectivity index (χ3n) is 4.68. The second-order valence-electron chi connectivity index (χ2n) is 6.80. The van der Waals surface area contributed by atoms with Gasteiger partial charge in [-0.25, -0.2) is 0 Å². The number of nitro groups is 1. The number of aromatic nitrogens is 2. The van der Waals surface area contributed by atoms with Gasteiger partial charge in [-0.15, -0.1) is 10.2 Å². The van der Waals surface area contributed by atoms with Gasteiger partial charge in [-0.05, 0) is 37.3 Å². The molecule has 0 aliphatic rings. The van der Waals surface area contributed by atoms with E-state index in [0.29, 0.717) is 12.3 Å². The van der Waals surface area contributed by atoms with Crippen molar-refractivity contribution in [3.8, 4) is 34.4 Å². The summed E-state index contributed by atoms with van der Waals surface area (Å²) in [5.41, 5.74) is 1.00. The molecule has 0 bridgehead atoms. The Kier molecular flexibility index (Phi) is 8.16. The van der Waals surface area contributed by atoms with Gasteiger partial charge in [0.05, 0.1) is 44.1 Å². The molecule has 0 saturated carbocycles. The zero-order valence-corrected chi connectivity index (χ0v) is 18.9. The van der Waals surface area contributed by atoms with E-state index in [2.05, 4.69) is 15.5 Å². The highest BCUT2D eigenvalue weighted by atomic mass is 16.6. The van der Waals surface area contributed by atoms with Gasteiger partial charge in [0.1, 0.15) is 17.9 Å². The Morgan fingerprint density at radius 3 is 2.29 bits per heavy atom. The van der Waals surface area contributed by atoms with Crippen LogP contribution in [-0.2, 0) is 0 Å². The Morgan fingerprint density at radius 1 is 1.00 bits per heavy atom. The minimum absolute atomic E-state index is 0.0872. The molecule has 1 N–H and O–H groups in total. The largest absolute Gasteiger partial charge is 0.494 e. The maximum atomic E-state index is 12.5. The maximum absolute atomic E-state index is 12.5. The molecular weight excluding hydrogens is 444 g/mol. The highest BCUT2D eigenvalue weighted by molar-refractivity contribution is 5.99. The summed E-state index contributed by atoms with van der Waals surface area (Å²) in [6.45, 7) is 2.69. The number of benzene rings is 2. The first-order valence-electron chi connectivity index (χ1n) is 10.3. The average molecular weight is 468 g/mol. The van der Waals surface area contributed by atoms with Gasteiger partial charge < -0.3 is 24.3 Å². The number of nitrogens with one attached hydrogen (secondary N) is 1. The molecule has 0 aliphatic carbocycles. The molecule has 0 saturated heterocycles. The summed E-state index contributed by atoms with van der Waals surface area (Å²) in [7, 11) is 2.73. The first-order valence-corrected chi connectivity index (χ1v) is 10.3. The summed E-state index contributed by atoms with van der Waals surface area (Å²) in [4.78, 5) is 23.2. The molecule has 0 atom stereocenters. The molecule has 11 heteroatoms. The zero-order valence-electron chi connectivity index (χ0n) is 18.9. The Bertz CT molecular complexity index is 1140. The lowest BCUT2D eigenvalue weighted by atomic mass is 10.1. The van der Waals surface area contributed by atoms with Crippen LogP contribution in [0.5, 0.6) is 23.1 Å². The molecule has 178 valence electrons. The van der Waals surface area contributed by atoms with Crippen molar-refractivity contribution in [2.24, 2.45) is 0 Å². The predicted molar refractivity (Wildman–Crippen MR) is 123 cm³/mol. The monoisotopic (exact) mass is 468 g/mol. The van der Waals surface area contributed by atoms with Crippen LogP contribution in [0.2, 0.25) is 0 Å². The van der Waals surface area contributed by atoms with E-state index >= 15 is 0 Å². The SMILES string of the molecule is CCOc1ccc(-c2ccc(OCCNC(=O)c3cc(OC)c(OC)cc3[N+](=O)[O-])nn2)cc1. The topological polar surface area (TPSA) is 135 Å². The van der Waals surface area contributed by atoms with Gasteiger partial charge in [-0.3, -0.25) is 14.9 Å². The van der Waals surface area contributed by atoms with E-state index < -0.39 is 16.5 Å². The van der Waals surface area contributed by atoms with E-state index in [4.69, 9.17) is 18.9 Å². The molecule has 1 amide bonds. The molecule has 3 aromatic rings. The fourth-order valence-corrected chi connectivity index (χ4v) is 3.06. The molecule has 11 nitrogen and oxygen atoms in total. The lowest BCUT2D eigenvalue weighted by molar-refractivity contribution is -0.385. The minimum Gasteiger partial charge on any atom is -0.494 e. The first-order chi connectivity index (χ1) is 16.5. The third kappa shape index (κ3) is 5.88. The minimum atomic E-state index is -0.658. The molecular formula is C23H24N4O7. The number of carbonyl (C=O) groups excluding carboxylic acids is 1. The van der Waals surface area contributed by atoms with Crippen molar-refractivity contribution in [1.82, 2.24) is 15.5 Å². The molecule has 0 fully saturated rings. The Morgan fingerprint density at radius 2 is 1.71 bits per heavy atom. The number of amides is 1. The van der Waals surface area contributed by atoms with Crippen LogP contribution >= 0.6 is 0 Å². The highest BCUT2D eigenvalue weighted by Crippen LogP contribution is 2.34. The van der Waals surface area contributed by atoms with E-state index in [9.17, 15) is 14.9 Å². The van der Waals surface area contributed by atoms with Crippen molar-refractivity contribution in [3.63, 3.8) is 0 Å². The van der Waals surface area contributed by atoms with Crippen molar-refractivity contribution in [2.45, 2.75) is 6.92 Å². The van der Waals surface area contributed by atoms with Crippen molar-refractivity contribution in [3.05, 3.63) is 64.2 Å². The molecule has 2 aromatic carbocycles. The van der Waals surface area contributed by atoms with Gasteiger partial charge >= 0.3 is 0 Å². The number of ether oxygens (including phenoxy) is 4. The number of methoxy groups -OCH3 is 2. The Hall–Kier alpha value is -4.41. The molecule has 0 radical (unpaired) electrons. The van der Waals surface area contributed by atoms with Crippen LogP contribution in [0.3, 0.4) is 0 Å². The van der Waals surface area contributed by atoms with Crippen molar-refractivity contribution >= 4 is 11.6 Å². The lowest BCUT2D eigenvalue weighted by Gasteiger charge is -2.11. The summed E-state index contributed by atoms with van der Waals surface area (Å²) in [5.74, 6) is 0.771. The molecule has 1 heterocycles. The fraction of sp³-hybridized carbons (Fsp3) is 0.261. The number of nitrogens with zero attached hydrogens (tertiary/aromatic N) is 3. The summed E-state index contributed by atoms with van der Waals surface area (Å²) in [5, 5.41) is 22.1. The zero-order chi connectivity index (χ0) is 24.5. The molecule has 1 aromatic heterocycles. The van der Waals surface area contributed by atoms with E-state index in [-0.39, 0.29) is 36.1 Å². The lowest BCUT2D eigenvalue weighted by Crippen LogP contribution is -2.28. The van der Waals surface area contributed by atoms with Gasteiger partial charge in [-0.2, -0.15) is 0 Å². The van der Waals surface area contributed by atoms with E-state index in [1.165, 1.54) is 20.3 Å². The second-order valence-corrected chi connectivity index (χ2v) is 6.80. The number of carbonyl (C=O) groups is 1. The summed E-state index contributed by atoms with van der Waals surface area (Å²) < 4.78 is 21.1. The summed E-state index contributed by atoms with van der Waals surface area (Å²) in [6, 6.07) is 13.3. The van der Waals surface area contributed by atoms with Crippen LogP contribution in [0.25, 0.3) is 11.3 Å². The van der Waals surface area contributed by atoms with Gasteiger partial charge in [0.2, 0.25) is 5.88 Å². The highest BCUT2D eigenvalue weighted by Gasteiger charge is 2.24. The number of nitro benzene ring substituents is 1. The number of hydrogen-bond donors (Lipinski definition) is 1. The number of rotatable bonds is 11. The van der Waals surface area contributed by atoms with Crippen molar-refractivity contribution in [2.75, 3.05) is 34.0 Å². The van der Waals surface area contributed by atoms with E-state index in [0.717, 1.165) is 17.4 Å². The Labute approximate surface area is 195 Å². The van der Waals surface area contributed by atoms with Gasteiger partial charge in [0, 0.05) is 17.7 Å². The smallest absolute Gasteiger partial charge is 0.286 e. The maximum Gasteiger partial charge on any atom is 0.286 e. The summed E-state index contributed by atoms with van der Waals surface area (Å²) in [6.07, 6.45) is 0. The van der Waals surface area contributed by atoms with Crippen LogP contribution < -0.4 is 24.3 Å². The molecule has 0 spiro atoms. The first kappa shape index (κ1) is 24.2. The van der Waals surface area contributed by atoms with Gasteiger partial charge in [-0.1, -0.05) is 0 Å². The van der Waals surface area contributed by atoms with Crippen LogP contribution in [-0.4, -0.2) is 55.0 Å². The van der Waals surface area contributed by atoms with Crippen LogP contribution in [0.1, 0.15) is 17.3 Å². The molecule has 0 aliphatic heterocycles. The average Bonchev–Trinajstić information content (AvgIpc) is 2.86. The van der Waals surface area contributed by atoms with Gasteiger partial charge in [0.25, 0.3) is 11.6 Å². The molecule has 34 heavy (non-hydrogen) atoms. The third-order valence-corrected chi connectivity index (χ3v) is 4.68. The van der Waals surface area contributed by atoms with Crippen molar-refractivity contribution < 1.29 is 28.7 Å². The molecule has 0 unspecified atom stereocenters. The van der Waals surface area contributed by atoms with Crippen molar-refractivity contribution in [1.29, 1.82) is 0 Å². The van der Waals surface area contributed by atoms with E-state index in [1.54, 1.807) is 12.1 Å². The van der Waals surface area contributed by atoms with Crippen LogP contribution in [0, 0.1) is 10.1 Å². The predicted octanol–water partition coefficient (Wildman–Crippen LogP) is 3.28. The normalized spacial score (nSPS) is 10.3. The Balaban J connectivity index is 1.56. The summed E-state index contributed by atoms with van der Waals surface area (Å²) >= 11 is 0.